The molecule has 0 bridgehead atoms. The second kappa shape index (κ2) is 8.32. The molecule has 31 heavy (non-hydrogen) atoms. The fourth-order valence-electron chi connectivity index (χ4n) is 4.05. The van der Waals surface area contributed by atoms with E-state index < -0.39 is 5.82 Å². The molecule has 3 heterocycles. The maximum Gasteiger partial charge on any atom is 0.151 e. The normalized spacial score (nSPS) is 14.6. The molecule has 0 saturated carbocycles. The molecule has 0 spiro atoms. The fourth-order valence-corrected chi connectivity index (χ4v) is 4.05. The lowest BCUT2D eigenvalue weighted by molar-refractivity contribution is 0.318. The summed E-state index contributed by atoms with van der Waals surface area (Å²) in [5.41, 5.74) is 3.75. The highest BCUT2D eigenvalue weighted by Gasteiger charge is 2.16. The van der Waals surface area contributed by atoms with Gasteiger partial charge in [-0.1, -0.05) is 13.0 Å². The average molecular weight is 442 g/mol. The third kappa shape index (κ3) is 3.91. The van der Waals surface area contributed by atoms with E-state index >= 15 is 0 Å². The molecule has 0 atom stereocenters. The molecule has 0 unspecified atom stereocenters. The first-order valence-corrected chi connectivity index (χ1v) is 10.0. The smallest absolute Gasteiger partial charge is 0.151 e. The predicted molar refractivity (Wildman–Crippen MR) is 121 cm³/mol. The van der Waals surface area contributed by atoms with Crippen LogP contribution in [0.3, 0.4) is 0 Å². The molecule has 0 amide bonds. The number of halogens is 3. The van der Waals surface area contributed by atoms with Crippen molar-refractivity contribution in [2.24, 2.45) is 7.05 Å². The van der Waals surface area contributed by atoms with Crippen molar-refractivity contribution in [3.05, 3.63) is 59.8 Å². The summed E-state index contributed by atoms with van der Waals surface area (Å²) in [6.45, 7) is 4.99. The minimum absolute atomic E-state index is 0. The summed E-state index contributed by atoms with van der Waals surface area (Å²) < 4.78 is 31.0. The van der Waals surface area contributed by atoms with Crippen molar-refractivity contribution < 1.29 is 8.78 Å². The molecule has 160 valence electrons. The van der Waals surface area contributed by atoms with E-state index in [9.17, 15) is 8.78 Å². The summed E-state index contributed by atoms with van der Waals surface area (Å²) in [5.74, 6) is -0.786. The van der Waals surface area contributed by atoms with Crippen LogP contribution in [0, 0.1) is 11.6 Å². The van der Waals surface area contributed by atoms with E-state index in [0.29, 0.717) is 33.1 Å². The highest BCUT2D eigenvalue weighted by Crippen LogP contribution is 2.30. The molecule has 5 nitrogen and oxygen atoms in total. The van der Waals surface area contributed by atoms with Crippen molar-refractivity contribution >= 4 is 39.8 Å². The molecular formula is C23H22ClF2N5. The van der Waals surface area contributed by atoms with Crippen LogP contribution in [0.15, 0.2) is 42.6 Å². The van der Waals surface area contributed by atoms with Crippen LogP contribution < -0.4 is 0 Å². The molecule has 1 aliphatic heterocycles. The summed E-state index contributed by atoms with van der Waals surface area (Å²) in [7, 11) is 1.74. The van der Waals surface area contributed by atoms with Gasteiger partial charge in [-0.15, -0.1) is 22.6 Å². The van der Waals surface area contributed by atoms with Crippen molar-refractivity contribution in [3.8, 4) is 11.3 Å². The Hall–Kier alpha value is -2.90. The molecule has 1 aliphatic rings. The van der Waals surface area contributed by atoms with Crippen molar-refractivity contribution in [1.29, 1.82) is 0 Å². The van der Waals surface area contributed by atoms with Gasteiger partial charge in [-0.25, -0.2) is 8.78 Å². The Morgan fingerprint density at radius 3 is 2.55 bits per heavy atom. The third-order valence-corrected chi connectivity index (χ3v) is 5.74. The van der Waals surface area contributed by atoms with Crippen molar-refractivity contribution in [1.82, 2.24) is 24.9 Å². The molecule has 5 rings (SSSR count). The predicted octanol–water partition coefficient (Wildman–Crippen LogP) is 4.99. The van der Waals surface area contributed by atoms with Crippen LogP contribution in [0.2, 0.25) is 0 Å². The number of hydrogen-bond donors (Lipinski definition) is 0. The Kier molecular flexibility index (Phi) is 5.73. The van der Waals surface area contributed by atoms with Gasteiger partial charge in [0.05, 0.1) is 11.2 Å². The van der Waals surface area contributed by atoms with Gasteiger partial charge in [-0.05, 0) is 54.4 Å². The standard InChI is InChI=1S/C23H21F2N5.ClH/c1-3-30-6-4-14(5-7-30)15-9-19(24)18-12-21(26-27-22(18)11-15)16-8-17-13-29(2)28-23(17)20(25)10-16;/h4,8-13H,3,5-7H2,1-2H3;1H. The molecule has 0 N–H and O–H groups in total. The van der Waals surface area contributed by atoms with E-state index in [2.05, 4.69) is 33.2 Å². The monoisotopic (exact) mass is 441 g/mol. The highest BCUT2D eigenvalue weighted by atomic mass is 35.5. The minimum atomic E-state index is -0.439. The van der Waals surface area contributed by atoms with E-state index in [-0.39, 0.29) is 18.2 Å². The number of benzene rings is 2. The van der Waals surface area contributed by atoms with Crippen LogP contribution >= 0.6 is 12.4 Å². The number of hydrogen-bond acceptors (Lipinski definition) is 4. The van der Waals surface area contributed by atoms with E-state index in [1.807, 2.05) is 6.07 Å². The summed E-state index contributed by atoms with van der Waals surface area (Å²) in [5, 5.41) is 13.6. The van der Waals surface area contributed by atoms with Crippen molar-refractivity contribution in [3.63, 3.8) is 0 Å². The Morgan fingerprint density at radius 2 is 1.81 bits per heavy atom. The van der Waals surface area contributed by atoms with E-state index in [4.69, 9.17) is 0 Å². The summed E-state index contributed by atoms with van der Waals surface area (Å²) in [4.78, 5) is 2.34. The first-order chi connectivity index (χ1) is 14.5. The zero-order valence-corrected chi connectivity index (χ0v) is 18.1. The van der Waals surface area contributed by atoms with Crippen molar-refractivity contribution in [2.45, 2.75) is 13.3 Å². The second-order valence-electron chi connectivity index (χ2n) is 7.69. The van der Waals surface area contributed by atoms with Gasteiger partial charge >= 0.3 is 0 Å². The van der Waals surface area contributed by atoms with Gasteiger partial charge in [0.2, 0.25) is 0 Å². The van der Waals surface area contributed by atoms with Gasteiger partial charge in [-0.3, -0.25) is 9.58 Å². The quantitative estimate of drug-likeness (QED) is 0.449. The third-order valence-electron chi connectivity index (χ3n) is 5.74. The number of aryl methyl sites for hydroxylation is 1. The van der Waals surface area contributed by atoms with Gasteiger partial charge in [-0.2, -0.15) is 5.10 Å². The van der Waals surface area contributed by atoms with Gasteiger partial charge in [0.25, 0.3) is 0 Å². The number of fused-ring (bicyclic) bond motifs is 2. The molecule has 4 aromatic rings. The Balaban J connectivity index is 0.00000231. The molecule has 2 aromatic carbocycles. The average Bonchev–Trinajstić information content (AvgIpc) is 3.14. The van der Waals surface area contributed by atoms with Crippen LogP contribution in [0.25, 0.3) is 38.6 Å². The van der Waals surface area contributed by atoms with Crippen LogP contribution in [0.4, 0.5) is 8.78 Å². The second-order valence-corrected chi connectivity index (χ2v) is 7.69. The van der Waals surface area contributed by atoms with Crippen LogP contribution in [-0.2, 0) is 7.05 Å². The summed E-state index contributed by atoms with van der Waals surface area (Å²) >= 11 is 0. The molecule has 0 aliphatic carbocycles. The molecule has 2 aromatic heterocycles. The van der Waals surface area contributed by atoms with Crippen LogP contribution in [0.1, 0.15) is 18.9 Å². The molecule has 0 saturated heterocycles. The zero-order chi connectivity index (χ0) is 20.8. The molecular weight excluding hydrogens is 420 g/mol. The Morgan fingerprint density at radius 1 is 1.00 bits per heavy atom. The van der Waals surface area contributed by atoms with E-state index in [1.165, 1.54) is 6.07 Å². The van der Waals surface area contributed by atoms with Gasteiger partial charge in [0.15, 0.2) is 5.82 Å². The Labute approximate surface area is 184 Å². The fraction of sp³-hybridized carbons (Fsp3) is 0.261. The maximum atomic E-state index is 15.0. The zero-order valence-electron chi connectivity index (χ0n) is 17.3. The maximum absolute atomic E-state index is 15.0. The SMILES string of the molecule is CCN1CC=C(c2cc(F)c3cc(-c4cc(F)c5nn(C)cc5c4)nnc3c2)CC1.Cl. The van der Waals surface area contributed by atoms with Crippen LogP contribution in [0.5, 0.6) is 0 Å². The lowest BCUT2D eigenvalue weighted by Crippen LogP contribution is -2.28. The summed E-state index contributed by atoms with van der Waals surface area (Å²) in [6.07, 6.45) is 4.77. The number of likely N-dealkylation sites (N-methyl/N-ethyl adjacent to an activating group) is 1. The lowest BCUT2D eigenvalue weighted by Gasteiger charge is -2.25. The largest absolute Gasteiger partial charge is 0.300 e. The summed E-state index contributed by atoms with van der Waals surface area (Å²) in [6, 6.07) is 8.23. The first kappa shape index (κ1) is 21.3. The lowest BCUT2D eigenvalue weighted by atomic mass is 9.97. The molecule has 0 fully saturated rings. The Bertz CT molecular complexity index is 1310. The van der Waals surface area contributed by atoms with Crippen LogP contribution in [-0.4, -0.2) is 44.5 Å². The van der Waals surface area contributed by atoms with Crippen molar-refractivity contribution in [2.75, 3.05) is 19.6 Å². The van der Waals surface area contributed by atoms with Gasteiger partial charge in [0.1, 0.15) is 11.3 Å². The molecule has 0 radical (unpaired) electrons. The number of nitrogens with zero attached hydrogens (tertiary/aromatic N) is 5. The topological polar surface area (TPSA) is 46.8 Å². The first-order valence-electron chi connectivity index (χ1n) is 10.0. The highest BCUT2D eigenvalue weighted by molar-refractivity contribution is 5.88. The van der Waals surface area contributed by atoms with Gasteiger partial charge < -0.3 is 0 Å². The van der Waals surface area contributed by atoms with Gasteiger partial charge in [0, 0.05) is 42.7 Å². The van der Waals surface area contributed by atoms with E-state index in [1.54, 1.807) is 36.1 Å². The molecule has 8 heteroatoms. The number of aromatic nitrogens is 4. The number of rotatable bonds is 3. The minimum Gasteiger partial charge on any atom is -0.300 e. The van der Waals surface area contributed by atoms with E-state index in [0.717, 1.165) is 37.2 Å².